The summed E-state index contributed by atoms with van der Waals surface area (Å²) in [4.78, 5) is 4.19. The van der Waals surface area contributed by atoms with Gasteiger partial charge in [0.1, 0.15) is 6.67 Å². The first-order chi connectivity index (χ1) is 8.72. The van der Waals surface area contributed by atoms with E-state index in [4.69, 9.17) is 16.2 Å². The van der Waals surface area contributed by atoms with Gasteiger partial charge in [0.15, 0.2) is 11.6 Å². The number of nitrogens with two attached hydrogens (primary N) is 2. The van der Waals surface area contributed by atoms with Gasteiger partial charge in [-0.3, -0.25) is 0 Å². The maximum absolute atomic E-state index is 13.5. The Bertz CT molecular complexity index is 488. The molecule has 1 aromatic carbocycles. The molecule has 0 spiro atoms. The van der Waals surface area contributed by atoms with Crippen molar-refractivity contribution < 1.29 is 9.13 Å². The number of hydrogen-bond donors (Lipinski definition) is 2. The molecule has 0 amide bonds. The topological polar surface area (TPSA) is 98.3 Å². The van der Waals surface area contributed by atoms with Crippen LogP contribution in [0.15, 0.2) is 33.4 Å². The molecular formula is C11H14FN5O. The van der Waals surface area contributed by atoms with Crippen LogP contribution in [-0.2, 0) is 0 Å². The van der Waals surface area contributed by atoms with Gasteiger partial charge in [-0.05, 0) is 6.07 Å². The van der Waals surface area contributed by atoms with Crippen LogP contribution in [0, 0.1) is 5.82 Å². The van der Waals surface area contributed by atoms with E-state index < -0.39 is 5.82 Å². The molecule has 0 saturated heterocycles. The van der Waals surface area contributed by atoms with Gasteiger partial charge < -0.3 is 16.2 Å². The third kappa shape index (κ3) is 2.62. The molecule has 18 heavy (non-hydrogen) atoms. The summed E-state index contributed by atoms with van der Waals surface area (Å²) >= 11 is 0. The number of nitrogens with zero attached hydrogens (tertiary/aromatic N) is 3. The summed E-state index contributed by atoms with van der Waals surface area (Å²) < 4.78 is 18.8. The van der Waals surface area contributed by atoms with Crippen LogP contribution in [0.4, 0.5) is 4.39 Å². The fraction of sp³-hybridized carbons (Fsp3) is 0.364. The van der Waals surface area contributed by atoms with Crippen molar-refractivity contribution in [2.45, 2.75) is 12.5 Å². The summed E-state index contributed by atoms with van der Waals surface area (Å²) in [6, 6.07) is 4.46. The first kappa shape index (κ1) is 12.4. The average molecular weight is 251 g/mol. The number of aliphatic imine (C=N–C) groups is 1. The molecule has 0 fully saturated rings. The Morgan fingerprint density at radius 3 is 3.11 bits per heavy atom. The van der Waals surface area contributed by atoms with Crippen LogP contribution < -0.4 is 16.2 Å². The minimum Gasteiger partial charge on any atom is -0.490 e. The quantitative estimate of drug-likeness (QED) is 0.471. The van der Waals surface area contributed by atoms with Crippen LogP contribution in [0.25, 0.3) is 0 Å². The predicted octanol–water partition coefficient (Wildman–Crippen LogP) is 1.33. The number of fused-ring (bicyclic) bond motifs is 1. The molecule has 1 aliphatic heterocycles. The second-order valence-corrected chi connectivity index (χ2v) is 3.72. The summed E-state index contributed by atoms with van der Waals surface area (Å²) in [6.45, 7) is 0.443. The number of rotatable bonds is 2. The Kier molecular flexibility index (Phi) is 3.83. The van der Waals surface area contributed by atoms with Gasteiger partial charge in [-0.1, -0.05) is 12.1 Å². The van der Waals surface area contributed by atoms with Gasteiger partial charge in [-0.2, -0.15) is 5.11 Å². The number of hydrogen-bond acceptors (Lipinski definition) is 4. The van der Waals surface area contributed by atoms with Crippen LogP contribution >= 0.6 is 0 Å². The summed E-state index contributed by atoms with van der Waals surface area (Å²) in [6.07, 6.45) is 0.620. The predicted molar refractivity (Wildman–Crippen MR) is 64.8 cm³/mol. The summed E-state index contributed by atoms with van der Waals surface area (Å²) in [5.74, 6) is -0.127. The van der Waals surface area contributed by atoms with Crippen LogP contribution in [0.5, 0.6) is 5.75 Å². The highest BCUT2D eigenvalue weighted by Gasteiger charge is 2.23. The summed E-state index contributed by atoms with van der Waals surface area (Å²) in [5.41, 5.74) is 11.4. The highest BCUT2D eigenvalue weighted by Crippen LogP contribution is 2.36. The molecule has 2 rings (SSSR count). The molecule has 0 bridgehead atoms. The minimum atomic E-state index is -0.394. The zero-order valence-corrected chi connectivity index (χ0v) is 9.71. The van der Waals surface area contributed by atoms with Crippen molar-refractivity contribution in [2.24, 2.45) is 26.7 Å². The van der Waals surface area contributed by atoms with E-state index in [2.05, 4.69) is 15.2 Å². The average Bonchev–Trinajstić information content (AvgIpc) is 2.38. The van der Waals surface area contributed by atoms with E-state index >= 15 is 0 Å². The van der Waals surface area contributed by atoms with E-state index in [1.807, 2.05) is 0 Å². The fourth-order valence-corrected chi connectivity index (χ4v) is 1.80. The molecular weight excluding hydrogens is 237 g/mol. The van der Waals surface area contributed by atoms with Gasteiger partial charge >= 0.3 is 0 Å². The molecule has 0 radical (unpaired) electrons. The van der Waals surface area contributed by atoms with Crippen molar-refractivity contribution in [3.8, 4) is 5.75 Å². The summed E-state index contributed by atoms with van der Waals surface area (Å²) in [7, 11) is 0. The van der Waals surface area contributed by atoms with E-state index in [1.54, 1.807) is 12.1 Å². The number of azo groups is 1. The van der Waals surface area contributed by atoms with Crippen LogP contribution in [0.2, 0.25) is 0 Å². The first-order valence-corrected chi connectivity index (χ1v) is 5.54. The zero-order valence-electron chi connectivity index (χ0n) is 9.71. The molecule has 0 aromatic heterocycles. The van der Waals surface area contributed by atoms with Crippen molar-refractivity contribution in [1.82, 2.24) is 0 Å². The van der Waals surface area contributed by atoms with Crippen molar-refractivity contribution in [1.29, 1.82) is 0 Å². The lowest BCUT2D eigenvalue weighted by Crippen LogP contribution is -2.17. The molecule has 1 aliphatic rings. The van der Waals surface area contributed by atoms with E-state index in [1.165, 1.54) is 6.07 Å². The molecule has 1 atom stereocenters. The third-order valence-corrected chi connectivity index (χ3v) is 2.54. The van der Waals surface area contributed by atoms with Gasteiger partial charge in [0.25, 0.3) is 0 Å². The molecule has 0 unspecified atom stereocenters. The van der Waals surface area contributed by atoms with Crippen LogP contribution in [-0.4, -0.2) is 19.2 Å². The van der Waals surface area contributed by atoms with Crippen molar-refractivity contribution in [2.75, 3.05) is 13.3 Å². The van der Waals surface area contributed by atoms with Gasteiger partial charge in [0, 0.05) is 12.0 Å². The molecule has 0 aliphatic carbocycles. The monoisotopic (exact) mass is 251 g/mol. The molecule has 96 valence electrons. The Morgan fingerprint density at radius 2 is 2.33 bits per heavy atom. The lowest BCUT2D eigenvalue weighted by atomic mass is 10.0. The molecule has 1 aromatic rings. The van der Waals surface area contributed by atoms with E-state index in [9.17, 15) is 4.39 Å². The Morgan fingerprint density at radius 1 is 1.50 bits per heavy atom. The SMILES string of the molecule is NCN=NC(N)=N[C@@H]1CCOc2c(F)cccc21. The maximum atomic E-state index is 13.5. The smallest absolute Gasteiger partial charge is 0.235 e. The first-order valence-electron chi connectivity index (χ1n) is 5.54. The van der Waals surface area contributed by atoms with Crippen LogP contribution in [0.1, 0.15) is 18.0 Å². The molecule has 6 nitrogen and oxygen atoms in total. The Hall–Kier alpha value is -2.02. The van der Waals surface area contributed by atoms with E-state index in [0.29, 0.717) is 18.6 Å². The minimum absolute atomic E-state index is 0.0301. The third-order valence-electron chi connectivity index (χ3n) is 2.54. The number of para-hydroxylation sites is 1. The lowest BCUT2D eigenvalue weighted by Gasteiger charge is -2.23. The number of guanidine groups is 1. The van der Waals surface area contributed by atoms with Crippen LogP contribution in [0.3, 0.4) is 0 Å². The van der Waals surface area contributed by atoms with E-state index in [0.717, 1.165) is 0 Å². The second-order valence-electron chi connectivity index (χ2n) is 3.72. The second kappa shape index (κ2) is 5.54. The number of halogens is 1. The van der Waals surface area contributed by atoms with Gasteiger partial charge in [0.05, 0.1) is 12.6 Å². The van der Waals surface area contributed by atoms with Crippen molar-refractivity contribution in [3.05, 3.63) is 29.6 Å². The lowest BCUT2D eigenvalue weighted by molar-refractivity contribution is 0.256. The largest absolute Gasteiger partial charge is 0.490 e. The highest BCUT2D eigenvalue weighted by molar-refractivity contribution is 5.78. The summed E-state index contributed by atoms with van der Waals surface area (Å²) in [5, 5.41) is 7.18. The molecule has 7 heteroatoms. The zero-order chi connectivity index (χ0) is 13.0. The standard InChI is InChI=1S/C11H14FN5O/c12-8-3-1-2-7-9(4-5-18-10(7)8)16-11(14)17-15-6-13/h1-3,9H,4-6,13H2,(H2,14,16)/t9-/m1/s1. The van der Waals surface area contributed by atoms with Gasteiger partial charge in [-0.15, -0.1) is 5.11 Å². The normalized spacial score (nSPS) is 19.7. The molecule has 4 N–H and O–H groups in total. The number of benzene rings is 1. The molecule has 1 heterocycles. The van der Waals surface area contributed by atoms with Crippen molar-refractivity contribution in [3.63, 3.8) is 0 Å². The fourth-order valence-electron chi connectivity index (χ4n) is 1.80. The molecule has 0 saturated carbocycles. The highest BCUT2D eigenvalue weighted by atomic mass is 19.1. The Labute approximate surface area is 104 Å². The Balaban J connectivity index is 2.28. The van der Waals surface area contributed by atoms with Crippen molar-refractivity contribution >= 4 is 5.96 Å². The van der Waals surface area contributed by atoms with E-state index in [-0.39, 0.29) is 24.4 Å². The van der Waals surface area contributed by atoms with Gasteiger partial charge in [-0.25, -0.2) is 9.38 Å². The van der Waals surface area contributed by atoms with Gasteiger partial charge in [0.2, 0.25) is 5.96 Å². The maximum Gasteiger partial charge on any atom is 0.235 e. The number of ether oxygens (including phenoxy) is 1.